The van der Waals surface area contributed by atoms with Crippen molar-refractivity contribution in [2.75, 3.05) is 59.4 Å². The lowest BCUT2D eigenvalue weighted by molar-refractivity contribution is 0.0657. The Morgan fingerprint density at radius 2 is 2.00 bits per heavy atom. The lowest BCUT2D eigenvalue weighted by Crippen LogP contribution is -2.40. The maximum absolute atomic E-state index is 10.9. The van der Waals surface area contributed by atoms with E-state index < -0.39 is 5.60 Å². The Bertz CT molecular complexity index is 633. The average Bonchev–Trinajstić information content (AvgIpc) is 2.85. The van der Waals surface area contributed by atoms with Crippen LogP contribution in [0.4, 0.5) is 0 Å². The molecule has 1 unspecified atom stereocenters. The van der Waals surface area contributed by atoms with E-state index in [1.807, 2.05) is 26.8 Å². The van der Waals surface area contributed by atoms with Crippen molar-refractivity contribution >= 4 is 29.9 Å². The lowest BCUT2D eigenvalue weighted by Gasteiger charge is -2.22. The number of nitrogens with one attached hydrogen (secondary N) is 2. The Hall–Kier alpha value is -0.840. The van der Waals surface area contributed by atoms with Crippen LogP contribution in [-0.4, -0.2) is 80.3 Å². The highest BCUT2D eigenvalue weighted by atomic mass is 127. The van der Waals surface area contributed by atoms with Crippen LogP contribution in [0, 0.1) is 13.8 Å². The largest absolute Gasteiger partial charge is 0.466 e. The van der Waals surface area contributed by atoms with Crippen LogP contribution in [0.5, 0.6) is 0 Å². The summed E-state index contributed by atoms with van der Waals surface area (Å²) in [5.74, 6) is 2.30. The van der Waals surface area contributed by atoms with Gasteiger partial charge in [0.25, 0.3) is 0 Å². The Morgan fingerprint density at radius 3 is 2.66 bits per heavy atom. The molecule has 0 radical (unpaired) electrons. The topological polar surface area (TPSA) is 76.3 Å². The summed E-state index contributed by atoms with van der Waals surface area (Å²) in [7, 11) is 2.20. The van der Waals surface area contributed by atoms with Gasteiger partial charge in [0.05, 0.1) is 6.54 Å². The molecule has 2 rings (SSSR count). The molecule has 1 aliphatic rings. The molecular weight excluding hydrogens is 481 g/mol. The van der Waals surface area contributed by atoms with Crippen LogP contribution in [0.25, 0.3) is 0 Å². The zero-order valence-corrected chi connectivity index (χ0v) is 21.1. The first-order valence-corrected chi connectivity index (χ1v) is 10.5. The average molecular weight is 521 g/mol. The zero-order chi connectivity index (χ0) is 20.6. The lowest BCUT2D eigenvalue weighted by atomic mass is 9.96. The molecule has 1 atom stereocenters. The van der Waals surface area contributed by atoms with E-state index in [4.69, 9.17) is 4.42 Å². The first-order chi connectivity index (χ1) is 13.3. The second-order valence-electron chi connectivity index (χ2n) is 8.07. The molecule has 29 heavy (non-hydrogen) atoms. The van der Waals surface area contributed by atoms with E-state index in [1.165, 1.54) is 19.5 Å². The minimum atomic E-state index is -1.05. The van der Waals surface area contributed by atoms with Crippen molar-refractivity contribution in [2.24, 2.45) is 4.99 Å². The van der Waals surface area contributed by atoms with Gasteiger partial charge in [0, 0.05) is 31.7 Å². The highest BCUT2D eigenvalue weighted by molar-refractivity contribution is 14.0. The van der Waals surface area contributed by atoms with Gasteiger partial charge in [-0.25, -0.2) is 4.99 Å². The minimum Gasteiger partial charge on any atom is -0.466 e. The first-order valence-electron chi connectivity index (χ1n) is 10.5. The van der Waals surface area contributed by atoms with E-state index in [1.54, 1.807) is 6.92 Å². The molecule has 1 aromatic heterocycles. The first kappa shape index (κ1) is 26.2. The number of rotatable bonds is 8. The normalized spacial score (nSPS) is 18.6. The number of aliphatic imine (C=N–C) groups is 1. The summed E-state index contributed by atoms with van der Waals surface area (Å²) in [6.45, 7) is 15.3. The Kier molecular flexibility index (Phi) is 11.5. The Balaban J connectivity index is 0.00000420. The number of likely N-dealkylation sites (N-methyl/N-ethyl adjacent to an activating group) is 1. The maximum Gasteiger partial charge on any atom is 0.191 e. The minimum absolute atomic E-state index is 0. The van der Waals surface area contributed by atoms with Crippen LogP contribution in [0.1, 0.15) is 43.8 Å². The summed E-state index contributed by atoms with van der Waals surface area (Å²) in [4.78, 5) is 9.56. The van der Waals surface area contributed by atoms with Crippen LogP contribution < -0.4 is 10.6 Å². The third kappa shape index (κ3) is 8.82. The summed E-state index contributed by atoms with van der Waals surface area (Å²) in [5.41, 5.74) is -0.252. The van der Waals surface area contributed by atoms with Crippen molar-refractivity contribution in [1.82, 2.24) is 20.4 Å². The summed E-state index contributed by atoms with van der Waals surface area (Å²) in [6.07, 6.45) is 2.32. The quantitative estimate of drug-likeness (QED) is 0.211. The molecule has 7 nitrogen and oxygen atoms in total. The van der Waals surface area contributed by atoms with Gasteiger partial charge in [-0.05, 0) is 73.3 Å². The predicted octanol–water partition coefficient (Wildman–Crippen LogP) is 2.30. The number of nitrogens with zero attached hydrogens (tertiary/aromatic N) is 3. The number of aliphatic hydroxyl groups is 1. The van der Waals surface area contributed by atoms with Gasteiger partial charge < -0.3 is 30.0 Å². The molecule has 1 fully saturated rings. The molecule has 0 spiro atoms. The van der Waals surface area contributed by atoms with Gasteiger partial charge in [-0.2, -0.15) is 0 Å². The molecule has 0 aromatic carbocycles. The number of hydrogen-bond acceptors (Lipinski definition) is 5. The van der Waals surface area contributed by atoms with E-state index in [-0.39, 0.29) is 30.5 Å². The fraction of sp³-hybridized carbons (Fsp3) is 0.762. The van der Waals surface area contributed by atoms with Crippen LogP contribution in [-0.2, 0) is 5.60 Å². The van der Waals surface area contributed by atoms with Gasteiger partial charge in [-0.1, -0.05) is 0 Å². The summed E-state index contributed by atoms with van der Waals surface area (Å²) < 4.78 is 5.56. The van der Waals surface area contributed by atoms with E-state index in [9.17, 15) is 5.11 Å². The number of halogens is 1. The SMILES string of the molecule is CCNC(=NCC(C)(O)c1cc(C)oc1C)NCCCN1CCCN(C)CC1.I. The second kappa shape index (κ2) is 12.8. The maximum atomic E-state index is 10.9. The molecule has 8 heteroatoms. The van der Waals surface area contributed by atoms with E-state index >= 15 is 0 Å². The number of hydrogen-bond donors (Lipinski definition) is 3. The number of furan rings is 1. The third-order valence-electron chi connectivity index (χ3n) is 5.27. The molecule has 0 amide bonds. The van der Waals surface area contributed by atoms with Gasteiger partial charge >= 0.3 is 0 Å². The molecule has 3 N–H and O–H groups in total. The molecule has 0 aliphatic carbocycles. The second-order valence-corrected chi connectivity index (χ2v) is 8.07. The van der Waals surface area contributed by atoms with Crippen molar-refractivity contribution in [3.63, 3.8) is 0 Å². The van der Waals surface area contributed by atoms with Crippen LogP contribution in [0.2, 0.25) is 0 Å². The molecule has 1 aliphatic heterocycles. The van der Waals surface area contributed by atoms with E-state index in [0.29, 0.717) is 0 Å². The van der Waals surface area contributed by atoms with Crippen LogP contribution in [0.3, 0.4) is 0 Å². The molecular formula is C21H40IN5O2. The molecule has 168 valence electrons. The van der Waals surface area contributed by atoms with Crippen LogP contribution in [0.15, 0.2) is 15.5 Å². The van der Waals surface area contributed by atoms with Crippen LogP contribution >= 0.6 is 24.0 Å². The fourth-order valence-corrected chi connectivity index (χ4v) is 3.66. The summed E-state index contributed by atoms with van der Waals surface area (Å²) in [5, 5.41) is 17.5. The number of guanidine groups is 1. The summed E-state index contributed by atoms with van der Waals surface area (Å²) in [6, 6.07) is 1.89. The molecule has 0 saturated carbocycles. The monoisotopic (exact) mass is 521 g/mol. The van der Waals surface area contributed by atoms with Crippen molar-refractivity contribution in [2.45, 2.75) is 46.1 Å². The Labute approximate surface area is 193 Å². The van der Waals surface area contributed by atoms with Crippen molar-refractivity contribution < 1.29 is 9.52 Å². The summed E-state index contributed by atoms with van der Waals surface area (Å²) >= 11 is 0. The van der Waals surface area contributed by atoms with E-state index in [2.05, 4.69) is 32.5 Å². The number of aryl methyl sites for hydroxylation is 2. The van der Waals surface area contributed by atoms with Crippen molar-refractivity contribution in [3.8, 4) is 0 Å². The Morgan fingerprint density at radius 1 is 1.24 bits per heavy atom. The molecule has 1 saturated heterocycles. The van der Waals surface area contributed by atoms with Crippen molar-refractivity contribution in [3.05, 3.63) is 23.2 Å². The smallest absolute Gasteiger partial charge is 0.191 e. The molecule has 0 bridgehead atoms. The van der Waals surface area contributed by atoms with E-state index in [0.717, 1.165) is 62.2 Å². The van der Waals surface area contributed by atoms with Gasteiger partial charge in [0.2, 0.25) is 0 Å². The standard InChI is InChI=1S/C21H39N5O2.HI/c1-6-22-20(23-9-7-11-26-12-8-10-25(5)13-14-26)24-16-21(4,27)19-15-17(2)28-18(19)3;/h15,27H,6-14,16H2,1-5H3,(H2,22,23,24);1H. The van der Waals surface area contributed by atoms with Gasteiger partial charge in [-0.15, -0.1) is 24.0 Å². The zero-order valence-electron chi connectivity index (χ0n) is 18.8. The molecule has 1 aromatic rings. The highest BCUT2D eigenvalue weighted by Crippen LogP contribution is 2.27. The molecule has 2 heterocycles. The third-order valence-corrected chi connectivity index (χ3v) is 5.27. The van der Waals surface area contributed by atoms with Crippen molar-refractivity contribution in [1.29, 1.82) is 0 Å². The fourth-order valence-electron chi connectivity index (χ4n) is 3.66. The van der Waals surface area contributed by atoms with Gasteiger partial charge in [-0.3, -0.25) is 0 Å². The predicted molar refractivity (Wildman–Crippen MR) is 130 cm³/mol. The van der Waals surface area contributed by atoms with Gasteiger partial charge in [0.1, 0.15) is 17.1 Å². The highest BCUT2D eigenvalue weighted by Gasteiger charge is 2.27. The van der Waals surface area contributed by atoms with Gasteiger partial charge in [0.15, 0.2) is 5.96 Å².